The van der Waals surface area contributed by atoms with Crippen LogP contribution < -0.4 is 20.3 Å². The van der Waals surface area contributed by atoms with E-state index in [-0.39, 0.29) is 41.0 Å². The molecule has 0 radical (unpaired) electrons. The molecule has 0 aliphatic rings. The lowest BCUT2D eigenvalue weighted by molar-refractivity contribution is -0.118. The van der Waals surface area contributed by atoms with Crippen LogP contribution in [0.25, 0.3) is 11.4 Å². The predicted octanol–water partition coefficient (Wildman–Crippen LogP) is 2.34. The van der Waals surface area contributed by atoms with Crippen LogP contribution in [0.2, 0.25) is 5.02 Å². The van der Waals surface area contributed by atoms with Crippen molar-refractivity contribution in [2.75, 3.05) is 32.2 Å². The number of sulfonamides is 1. The van der Waals surface area contributed by atoms with Gasteiger partial charge in [0, 0.05) is 36.7 Å². The molecule has 1 aromatic heterocycles. The third-order valence-corrected chi connectivity index (χ3v) is 6.21. The fraction of sp³-hybridized carbons (Fsp3) is 0.227. The molecule has 0 saturated carbocycles. The number of hydrogen-bond donors (Lipinski definition) is 3. The molecule has 3 aromatic rings. The van der Waals surface area contributed by atoms with E-state index >= 15 is 0 Å². The zero-order valence-electron chi connectivity index (χ0n) is 18.4. The molecule has 0 atom stereocenters. The minimum atomic E-state index is -3.75. The van der Waals surface area contributed by atoms with E-state index in [2.05, 4.69) is 20.0 Å². The van der Waals surface area contributed by atoms with Crippen LogP contribution in [0.4, 0.5) is 5.69 Å². The lowest BCUT2D eigenvalue weighted by Gasteiger charge is -2.11. The highest BCUT2D eigenvalue weighted by Gasteiger charge is 2.16. The third kappa shape index (κ3) is 6.87. The van der Waals surface area contributed by atoms with Gasteiger partial charge in [-0.25, -0.2) is 18.1 Å². The molecule has 0 aliphatic heterocycles. The number of carbonyl (C=O) groups is 1. The Morgan fingerprint density at radius 2 is 1.97 bits per heavy atom. The van der Waals surface area contributed by atoms with Gasteiger partial charge in [-0.1, -0.05) is 23.7 Å². The molecular weight excluding hydrogens is 484 g/mol. The van der Waals surface area contributed by atoms with Crippen molar-refractivity contribution < 1.29 is 22.7 Å². The fourth-order valence-corrected chi connectivity index (χ4v) is 4.27. The quantitative estimate of drug-likeness (QED) is 0.358. The lowest BCUT2D eigenvalue weighted by Crippen LogP contribution is -2.27. The highest BCUT2D eigenvalue weighted by atomic mass is 35.5. The molecule has 0 fully saturated rings. The standard InChI is InChI=1S/C22H23ClN4O6S/c1-14-10-20(28)27-22(25-14)15-4-3-5-16(11-15)26-21(29)13-33-19-7-6-17(12-18(19)23)34(30,31)24-8-9-32-2/h3-7,10-12,24H,8-9,13H2,1-2H3,(H,26,29)(H,25,27,28). The SMILES string of the molecule is COCCNS(=O)(=O)c1ccc(OCC(=O)Nc2cccc(-c3nc(C)cc(=O)[nH]3)c2)c(Cl)c1. The molecule has 34 heavy (non-hydrogen) atoms. The van der Waals surface area contributed by atoms with Crippen molar-refractivity contribution in [3.05, 3.63) is 69.6 Å². The van der Waals surface area contributed by atoms with E-state index in [4.69, 9.17) is 21.1 Å². The van der Waals surface area contributed by atoms with Gasteiger partial charge in [-0.3, -0.25) is 9.59 Å². The van der Waals surface area contributed by atoms with E-state index < -0.39 is 15.9 Å². The van der Waals surface area contributed by atoms with Crippen molar-refractivity contribution >= 4 is 33.2 Å². The number of hydrogen-bond acceptors (Lipinski definition) is 7. The van der Waals surface area contributed by atoms with E-state index in [1.165, 1.54) is 31.4 Å². The number of rotatable bonds is 10. The number of H-pyrrole nitrogens is 1. The minimum Gasteiger partial charge on any atom is -0.482 e. The van der Waals surface area contributed by atoms with Gasteiger partial charge in [0.25, 0.3) is 11.5 Å². The maximum atomic E-state index is 12.4. The second-order valence-electron chi connectivity index (χ2n) is 7.14. The maximum Gasteiger partial charge on any atom is 0.262 e. The molecule has 1 amide bonds. The molecular formula is C22H23ClN4O6S. The molecule has 0 saturated heterocycles. The zero-order chi connectivity index (χ0) is 24.7. The van der Waals surface area contributed by atoms with Crippen LogP contribution in [0.15, 0.2) is 58.2 Å². The van der Waals surface area contributed by atoms with E-state index in [1.807, 2.05) is 0 Å². The molecule has 1 heterocycles. The Kier molecular flexibility index (Phi) is 8.40. The van der Waals surface area contributed by atoms with E-state index in [0.29, 0.717) is 22.8 Å². The van der Waals surface area contributed by atoms with Crippen molar-refractivity contribution in [3.8, 4) is 17.1 Å². The van der Waals surface area contributed by atoms with E-state index in [0.717, 1.165) is 0 Å². The van der Waals surface area contributed by atoms with E-state index in [9.17, 15) is 18.0 Å². The molecule has 0 aliphatic carbocycles. The average Bonchev–Trinajstić information content (AvgIpc) is 2.78. The molecule has 0 spiro atoms. The Hall–Kier alpha value is -3.25. The summed E-state index contributed by atoms with van der Waals surface area (Å²) >= 11 is 6.14. The number of ether oxygens (including phenoxy) is 2. The number of methoxy groups -OCH3 is 1. The highest BCUT2D eigenvalue weighted by molar-refractivity contribution is 7.89. The first-order valence-corrected chi connectivity index (χ1v) is 11.9. The van der Waals surface area contributed by atoms with Gasteiger partial charge >= 0.3 is 0 Å². The summed E-state index contributed by atoms with van der Waals surface area (Å²) < 4.78 is 37.2. The van der Waals surface area contributed by atoms with Gasteiger partial charge in [0.1, 0.15) is 11.6 Å². The molecule has 0 unspecified atom stereocenters. The van der Waals surface area contributed by atoms with Gasteiger partial charge in [0.05, 0.1) is 16.5 Å². The minimum absolute atomic E-state index is 0.0370. The number of nitrogens with zero attached hydrogens (tertiary/aromatic N) is 1. The Labute approximate surface area is 201 Å². The summed E-state index contributed by atoms with van der Waals surface area (Å²) in [6.45, 7) is 1.70. The monoisotopic (exact) mass is 506 g/mol. The molecule has 3 N–H and O–H groups in total. The van der Waals surface area contributed by atoms with Gasteiger partial charge in [0.15, 0.2) is 6.61 Å². The van der Waals surface area contributed by atoms with Gasteiger partial charge in [-0.05, 0) is 37.3 Å². The molecule has 2 aromatic carbocycles. The van der Waals surface area contributed by atoms with Crippen molar-refractivity contribution in [3.63, 3.8) is 0 Å². The molecule has 12 heteroatoms. The summed E-state index contributed by atoms with van der Waals surface area (Å²) in [6.07, 6.45) is 0. The van der Waals surface area contributed by atoms with Crippen molar-refractivity contribution in [2.24, 2.45) is 0 Å². The summed E-state index contributed by atoms with van der Waals surface area (Å²) in [6, 6.07) is 12.1. The molecule has 0 bridgehead atoms. The van der Waals surface area contributed by atoms with Crippen LogP contribution in [0.5, 0.6) is 5.75 Å². The molecule has 180 valence electrons. The van der Waals surface area contributed by atoms with Crippen LogP contribution in [0.3, 0.4) is 0 Å². The number of halogens is 1. The first-order chi connectivity index (χ1) is 16.2. The second kappa shape index (κ2) is 11.3. The fourth-order valence-electron chi connectivity index (χ4n) is 2.93. The number of anilines is 1. The van der Waals surface area contributed by atoms with E-state index in [1.54, 1.807) is 31.2 Å². The first-order valence-electron chi connectivity index (χ1n) is 10.1. The predicted molar refractivity (Wildman–Crippen MR) is 128 cm³/mol. The Bertz CT molecular complexity index is 1340. The normalized spacial score (nSPS) is 11.3. The number of amides is 1. The summed E-state index contributed by atoms with van der Waals surface area (Å²) in [5.74, 6) is 0.0793. The maximum absolute atomic E-state index is 12.4. The lowest BCUT2D eigenvalue weighted by atomic mass is 10.2. The number of aryl methyl sites for hydroxylation is 1. The Morgan fingerprint density at radius 1 is 1.18 bits per heavy atom. The number of carbonyl (C=O) groups excluding carboxylic acids is 1. The summed E-state index contributed by atoms with van der Waals surface area (Å²) in [5.41, 5.74) is 1.40. The topological polar surface area (TPSA) is 139 Å². The van der Waals surface area contributed by atoms with Crippen molar-refractivity contribution in [1.82, 2.24) is 14.7 Å². The second-order valence-corrected chi connectivity index (χ2v) is 9.31. The summed E-state index contributed by atoms with van der Waals surface area (Å²) in [4.78, 5) is 31.0. The van der Waals surface area contributed by atoms with Crippen molar-refractivity contribution in [1.29, 1.82) is 0 Å². The largest absolute Gasteiger partial charge is 0.482 e. The Morgan fingerprint density at radius 3 is 2.68 bits per heavy atom. The van der Waals surface area contributed by atoms with Gasteiger partial charge in [0.2, 0.25) is 10.0 Å². The number of aromatic nitrogens is 2. The van der Waals surface area contributed by atoms with Crippen LogP contribution in [-0.2, 0) is 19.6 Å². The van der Waals surface area contributed by atoms with Crippen LogP contribution in [0.1, 0.15) is 5.69 Å². The number of benzene rings is 2. The number of aromatic amines is 1. The summed E-state index contributed by atoms with van der Waals surface area (Å²) in [5, 5.41) is 2.73. The van der Waals surface area contributed by atoms with Crippen LogP contribution in [-0.4, -0.2) is 51.2 Å². The van der Waals surface area contributed by atoms with Crippen LogP contribution in [0, 0.1) is 6.92 Å². The van der Waals surface area contributed by atoms with Crippen LogP contribution >= 0.6 is 11.6 Å². The van der Waals surface area contributed by atoms with Crippen molar-refractivity contribution in [2.45, 2.75) is 11.8 Å². The third-order valence-electron chi connectivity index (χ3n) is 4.46. The Balaban J connectivity index is 1.63. The molecule has 3 rings (SSSR count). The first kappa shape index (κ1) is 25.4. The zero-order valence-corrected chi connectivity index (χ0v) is 20.0. The summed E-state index contributed by atoms with van der Waals surface area (Å²) in [7, 11) is -2.29. The smallest absolute Gasteiger partial charge is 0.262 e. The van der Waals surface area contributed by atoms with Gasteiger partial charge in [-0.15, -0.1) is 0 Å². The number of nitrogens with one attached hydrogen (secondary N) is 3. The average molecular weight is 507 g/mol. The van der Waals surface area contributed by atoms with Gasteiger partial charge < -0.3 is 19.8 Å². The highest BCUT2D eigenvalue weighted by Crippen LogP contribution is 2.27. The molecule has 10 nitrogen and oxygen atoms in total. The van der Waals surface area contributed by atoms with Gasteiger partial charge in [-0.2, -0.15) is 0 Å².